The van der Waals surface area contributed by atoms with Gasteiger partial charge in [0.2, 0.25) is 5.60 Å². The molecule has 2 aliphatic rings. The molecule has 2 amide bonds. The summed E-state index contributed by atoms with van der Waals surface area (Å²) in [4.78, 5) is 38.0. The van der Waals surface area contributed by atoms with Crippen molar-refractivity contribution in [2.75, 3.05) is 30.1 Å². The van der Waals surface area contributed by atoms with Gasteiger partial charge in [0.1, 0.15) is 18.2 Å². The number of anilines is 1. The van der Waals surface area contributed by atoms with E-state index < -0.39 is 35.2 Å². The maximum absolute atomic E-state index is 13.5. The fraction of sp³-hybridized carbons (Fsp3) is 0.450. The Balaban J connectivity index is 1.58. The Bertz CT molecular complexity index is 874. The molecule has 0 bridgehead atoms. The third-order valence-electron chi connectivity index (χ3n) is 4.87. The van der Waals surface area contributed by atoms with E-state index in [2.05, 4.69) is 5.32 Å². The lowest BCUT2D eigenvalue weighted by molar-refractivity contribution is -0.139. The molecular weight excluding hydrogens is 418 g/mol. The number of nitrogens with zero attached hydrogens (tertiary/aromatic N) is 1. The Labute approximate surface area is 176 Å². The van der Waals surface area contributed by atoms with Crippen LogP contribution in [0, 0.1) is 11.6 Å². The van der Waals surface area contributed by atoms with Crippen LogP contribution in [0.4, 0.5) is 19.3 Å². The first-order valence-corrected chi connectivity index (χ1v) is 10.7. The zero-order chi connectivity index (χ0) is 21.9. The van der Waals surface area contributed by atoms with Crippen molar-refractivity contribution in [3.05, 3.63) is 41.5 Å². The molecule has 2 atom stereocenters. The molecule has 30 heavy (non-hydrogen) atoms. The fourth-order valence-electron chi connectivity index (χ4n) is 3.30. The number of hydrogen-bond donors (Lipinski definition) is 1. The van der Waals surface area contributed by atoms with Gasteiger partial charge in [-0.05, 0) is 38.2 Å². The molecule has 0 unspecified atom stereocenters. The Morgan fingerprint density at radius 1 is 1.33 bits per heavy atom. The van der Waals surface area contributed by atoms with Gasteiger partial charge in [-0.1, -0.05) is 6.08 Å². The minimum absolute atomic E-state index is 0.0353. The van der Waals surface area contributed by atoms with Gasteiger partial charge in [0, 0.05) is 23.4 Å². The van der Waals surface area contributed by atoms with E-state index in [1.54, 1.807) is 17.8 Å². The van der Waals surface area contributed by atoms with Gasteiger partial charge < -0.3 is 14.8 Å². The SMILES string of the molecule is CSCCOC(=O)C1=CC[C@H](NC(=O)[C@@]2(C)CN(c3cc(F)cc(F)c3)C(=O)O2)C1. The van der Waals surface area contributed by atoms with Crippen molar-refractivity contribution in [2.45, 2.75) is 31.4 Å². The van der Waals surface area contributed by atoms with Crippen molar-refractivity contribution >= 4 is 35.4 Å². The number of carbonyl (C=O) groups excluding carboxylic acids is 3. The molecule has 1 aliphatic heterocycles. The van der Waals surface area contributed by atoms with E-state index in [9.17, 15) is 23.2 Å². The van der Waals surface area contributed by atoms with Crippen molar-refractivity contribution in [3.8, 4) is 0 Å². The van der Waals surface area contributed by atoms with Crippen molar-refractivity contribution in [1.82, 2.24) is 5.32 Å². The average molecular weight is 440 g/mol. The lowest BCUT2D eigenvalue weighted by atomic mass is 10.0. The highest BCUT2D eigenvalue weighted by atomic mass is 32.2. The van der Waals surface area contributed by atoms with Crippen LogP contribution in [0.2, 0.25) is 0 Å². The molecule has 162 valence electrons. The number of thioether (sulfide) groups is 1. The number of hydrogen-bond acceptors (Lipinski definition) is 6. The molecule has 1 aliphatic carbocycles. The number of rotatable bonds is 7. The predicted molar refractivity (Wildman–Crippen MR) is 107 cm³/mol. The van der Waals surface area contributed by atoms with Gasteiger partial charge in [0.15, 0.2) is 0 Å². The molecule has 1 aromatic carbocycles. The number of halogens is 2. The van der Waals surface area contributed by atoms with Crippen LogP contribution in [0.1, 0.15) is 19.8 Å². The molecular formula is C20H22F2N2O5S. The molecule has 1 fully saturated rings. The van der Waals surface area contributed by atoms with Gasteiger partial charge in [0.25, 0.3) is 5.91 Å². The normalized spacial score (nSPS) is 23.2. The molecule has 1 N–H and O–H groups in total. The standard InChI is InChI=1S/C20H22F2N2O5S/c1-20(11-24(19(27)29-20)16-9-13(21)8-14(22)10-16)18(26)23-15-4-3-12(7-15)17(25)28-5-6-30-2/h3,8-10,15H,4-7,11H2,1-2H3,(H,23,26)/t15-,20+/m0/s1. The van der Waals surface area contributed by atoms with Crippen LogP contribution in [-0.4, -0.2) is 54.8 Å². The summed E-state index contributed by atoms with van der Waals surface area (Å²) in [7, 11) is 0. The minimum Gasteiger partial charge on any atom is -0.461 e. The van der Waals surface area contributed by atoms with Crippen LogP contribution in [0.3, 0.4) is 0 Å². The van der Waals surface area contributed by atoms with Crippen LogP contribution < -0.4 is 10.2 Å². The first-order valence-electron chi connectivity index (χ1n) is 9.34. The van der Waals surface area contributed by atoms with Crippen LogP contribution in [-0.2, 0) is 19.1 Å². The Morgan fingerprint density at radius 3 is 2.70 bits per heavy atom. The summed E-state index contributed by atoms with van der Waals surface area (Å²) >= 11 is 1.57. The first kappa shape index (κ1) is 22.1. The lowest BCUT2D eigenvalue weighted by Gasteiger charge is -2.23. The second-order valence-corrected chi connectivity index (χ2v) is 8.27. The van der Waals surface area contributed by atoms with E-state index in [-0.39, 0.29) is 18.3 Å². The van der Waals surface area contributed by atoms with Crippen molar-refractivity contribution in [1.29, 1.82) is 0 Å². The molecule has 1 heterocycles. The number of carbonyl (C=O) groups is 3. The quantitative estimate of drug-likeness (QED) is 0.519. The molecule has 1 saturated heterocycles. The third-order valence-corrected chi connectivity index (χ3v) is 5.44. The molecule has 0 radical (unpaired) electrons. The zero-order valence-electron chi connectivity index (χ0n) is 16.6. The number of ether oxygens (including phenoxy) is 2. The monoisotopic (exact) mass is 440 g/mol. The van der Waals surface area contributed by atoms with Crippen LogP contribution in [0.25, 0.3) is 0 Å². The van der Waals surface area contributed by atoms with Gasteiger partial charge in [-0.15, -0.1) is 0 Å². The smallest absolute Gasteiger partial charge is 0.415 e. The van der Waals surface area contributed by atoms with E-state index in [4.69, 9.17) is 9.47 Å². The summed E-state index contributed by atoms with van der Waals surface area (Å²) in [5, 5.41) is 2.77. The summed E-state index contributed by atoms with van der Waals surface area (Å²) < 4.78 is 37.4. The third kappa shape index (κ3) is 4.92. The molecule has 10 heteroatoms. The highest BCUT2D eigenvalue weighted by Crippen LogP contribution is 2.30. The second-order valence-electron chi connectivity index (χ2n) is 7.28. The topological polar surface area (TPSA) is 84.9 Å². The molecule has 0 aromatic heterocycles. The maximum atomic E-state index is 13.5. The fourth-order valence-corrected chi connectivity index (χ4v) is 3.55. The van der Waals surface area contributed by atoms with Crippen LogP contribution in [0.15, 0.2) is 29.8 Å². The molecule has 1 aromatic rings. The Kier molecular flexibility index (Phi) is 6.64. The van der Waals surface area contributed by atoms with Gasteiger partial charge in [-0.25, -0.2) is 18.4 Å². The van der Waals surface area contributed by atoms with Gasteiger partial charge in [-0.2, -0.15) is 11.8 Å². The minimum atomic E-state index is -1.54. The number of amides is 2. The largest absolute Gasteiger partial charge is 0.461 e. The summed E-state index contributed by atoms with van der Waals surface area (Å²) in [5.74, 6) is -1.94. The number of benzene rings is 1. The summed E-state index contributed by atoms with van der Waals surface area (Å²) in [5.41, 5.74) is -1.08. The molecule has 0 saturated carbocycles. The van der Waals surface area contributed by atoms with E-state index in [0.29, 0.717) is 36.8 Å². The first-order chi connectivity index (χ1) is 14.2. The summed E-state index contributed by atoms with van der Waals surface area (Å²) in [6, 6.07) is 2.33. The van der Waals surface area contributed by atoms with Gasteiger partial charge in [-0.3, -0.25) is 9.69 Å². The average Bonchev–Trinajstić information content (AvgIpc) is 3.26. The van der Waals surface area contributed by atoms with Crippen molar-refractivity contribution < 1.29 is 32.6 Å². The number of esters is 1. The number of nitrogens with one attached hydrogen (secondary N) is 1. The van der Waals surface area contributed by atoms with E-state index in [0.717, 1.165) is 17.0 Å². The van der Waals surface area contributed by atoms with Crippen molar-refractivity contribution in [2.24, 2.45) is 0 Å². The number of cyclic esters (lactones) is 1. The van der Waals surface area contributed by atoms with E-state index in [1.807, 2.05) is 6.26 Å². The lowest BCUT2D eigenvalue weighted by Crippen LogP contribution is -2.50. The molecule has 3 rings (SSSR count). The Hall–Kier alpha value is -2.62. The highest BCUT2D eigenvalue weighted by Gasteiger charge is 2.48. The van der Waals surface area contributed by atoms with Gasteiger partial charge >= 0.3 is 12.1 Å². The van der Waals surface area contributed by atoms with Gasteiger partial charge in [0.05, 0.1) is 12.2 Å². The van der Waals surface area contributed by atoms with E-state index in [1.165, 1.54) is 6.92 Å². The highest BCUT2D eigenvalue weighted by molar-refractivity contribution is 7.98. The molecule has 7 nitrogen and oxygen atoms in total. The van der Waals surface area contributed by atoms with Crippen LogP contribution >= 0.6 is 11.8 Å². The molecule has 0 spiro atoms. The Morgan fingerprint density at radius 2 is 2.03 bits per heavy atom. The summed E-state index contributed by atoms with van der Waals surface area (Å²) in [6.45, 7) is 1.54. The zero-order valence-corrected chi connectivity index (χ0v) is 17.4. The van der Waals surface area contributed by atoms with Crippen molar-refractivity contribution in [3.63, 3.8) is 0 Å². The van der Waals surface area contributed by atoms with E-state index >= 15 is 0 Å². The predicted octanol–water partition coefficient (Wildman–Crippen LogP) is 2.79. The van der Waals surface area contributed by atoms with Crippen LogP contribution in [0.5, 0.6) is 0 Å². The second kappa shape index (κ2) is 9.03. The maximum Gasteiger partial charge on any atom is 0.415 e. The summed E-state index contributed by atoms with van der Waals surface area (Å²) in [6.07, 6.45) is 3.52.